The van der Waals surface area contributed by atoms with Gasteiger partial charge < -0.3 is 10.4 Å². The number of aliphatic hydroxyl groups excluding tert-OH is 1. The first-order valence-electron chi connectivity index (χ1n) is 5.26. The van der Waals surface area contributed by atoms with E-state index in [-0.39, 0.29) is 12.5 Å². The number of nitrogens with one attached hydrogen (secondary N) is 1. The van der Waals surface area contributed by atoms with Crippen LogP contribution < -0.4 is 5.32 Å². The number of carbonyl (C=O) groups excluding carboxylic acids is 1. The highest BCUT2D eigenvalue weighted by Crippen LogP contribution is 2.04. The Balaban J connectivity index is 2.50. The fraction of sp³-hybridized carbons (Fsp3) is 0.417. The van der Waals surface area contributed by atoms with Crippen molar-refractivity contribution < 1.29 is 9.90 Å². The van der Waals surface area contributed by atoms with Gasteiger partial charge in [0.15, 0.2) is 0 Å². The summed E-state index contributed by atoms with van der Waals surface area (Å²) in [5.41, 5.74) is 1.90. The maximum atomic E-state index is 11.5. The molecule has 0 aliphatic rings. The maximum Gasteiger partial charge on any atom is 0.251 e. The highest BCUT2D eigenvalue weighted by molar-refractivity contribution is 5.94. The molecule has 0 saturated heterocycles. The van der Waals surface area contributed by atoms with Gasteiger partial charge in [0.25, 0.3) is 5.91 Å². The van der Waals surface area contributed by atoms with Crippen molar-refractivity contribution in [2.24, 2.45) is 0 Å². The fourth-order valence-corrected chi connectivity index (χ4v) is 1.27. The summed E-state index contributed by atoms with van der Waals surface area (Å²) in [5.74, 6) is -0.0777. The number of amides is 1. The number of hydrogen-bond acceptors (Lipinski definition) is 2. The molecule has 1 aromatic rings. The summed E-state index contributed by atoms with van der Waals surface area (Å²) in [5, 5.41) is 11.3. The first kappa shape index (κ1) is 11.7. The molecule has 0 fully saturated rings. The number of aryl methyl sites for hydroxylation is 1. The van der Waals surface area contributed by atoms with Crippen LogP contribution in [-0.2, 0) is 6.42 Å². The van der Waals surface area contributed by atoms with Crippen LogP contribution in [0.3, 0.4) is 0 Å². The SMILES string of the molecule is CCc1ccc(C(=O)NCCCO)cc1. The zero-order chi connectivity index (χ0) is 11.1. The van der Waals surface area contributed by atoms with E-state index in [1.165, 1.54) is 5.56 Å². The van der Waals surface area contributed by atoms with E-state index in [4.69, 9.17) is 5.11 Å². The van der Waals surface area contributed by atoms with Gasteiger partial charge in [0.1, 0.15) is 0 Å². The van der Waals surface area contributed by atoms with Crippen molar-refractivity contribution in [3.05, 3.63) is 35.4 Å². The Hall–Kier alpha value is -1.35. The number of benzene rings is 1. The van der Waals surface area contributed by atoms with Gasteiger partial charge >= 0.3 is 0 Å². The fourth-order valence-electron chi connectivity index (χ4n) is 1.27. The van der Waals surface area contributed by atoms with Crippen LogP contribution in [-0.4, -0.2) is 24.2 Å². The van der Waals surface area contributed by atoms with Crippen molar-refractivity contribution >= 4 is 5.91 Å². The molecule has 0 atom stereocenters. The van der Waals surface area contributed by atoms with Crippen molar-refractivity contribution in [1.29, 1.82) is 0 Å². The molecule has 0 aliphatic heterocycles. The third kappa shape index (κ3) is 3.72. The van der Waals surface area contributed by atoms with Gasteiger partial charge in [0.2, 0.25) is 0 Å². The summed E-state index contributed by atoms with van der Waals surface area (Å²) in [6.07, 6.45) is 1.57. The average molecular weight is 207 g/mol. The second kappa shape index (κ2) is 6.19. The van der Waals surface area contributed by atoms with Gasteiger partial charge in [0.05, 0.1) is 0 Å². The molecule has 0 aliphatic carbocycles. The Kier molecular flexibility index (Phi) is 4.84. The molecule has 3 nitrogen and oxygen atoms in total. The molecule has 0 aromatic heterocycles. The predicted octanol–water partition coefficient (Wildman–Crippen LogP) is 1.36. The van der Waals surface area contributed by atoms with E-state index < -0.39 is 0 Å². The van der Waals surface area contributed by atoms with Crippen molar-refractivity contribution in [2.75, 3.05) is 13.2 Å². The Labute approximate surface area is 90.1 Å². The van der Waals surface area contributed by atoms with Crippen molar-refractivity contribution in [1.82, 2.24) is 5.32 Å². The molecule has 0 saturated carbocycles. The van der Waals surface area contributed by atoms with Gasteiger partial charge in [-0.3, -0.25) is 4.79 Å². The minimum absolute atomic E-state index is 0.0777. The maximum absolute atomic E-state index is 11.5. The Morgan fingerprint density at radius 2 is 2.00 bits per heavy atom. The molecule has 2 N–H and O–H groups in total. The van der Waals surface area contributed by atoms with Crippen LogP contribution in [0, 0.1) is 0 Å². The number of rotatable bonds is 5. The highest BCUT2D eigenvalue weighted by atomic mass is 16.3. The van der Waals surface area contributed by atoms with Gasteiger partial charge in [0, 0.05) is 18.7 Å². The lowest BCUT2D eigenvalue weighted by molar-refractivity contribution is 0.0951. The third-order valence-corrected chi connectivity index (χ3v) is 2.24. The predicted molar refractivity (Wildman–Crippen MR) is 59.9 cm³/mol. The van der Waals surface area contributed by atoms with Crippen LogP contribution >= 0.6 is 0 Å². The van der Waals surface area contributed by atoms with Crippen LogP contribution in [0.4, 0.5) is 0 Å². The van der Waals surface area contributed by atoms with E-state index in [1.54, 1.807) is 0 Å². The summed E-state index contributed by atoms with van der Waals surface area (Å²) in [4.78, 5) is 11.5. The second-order valence-electron chi connectivity index (χ2n) is 3.38. The first-order chi connectivity index (χ1) is 7.27. The normalized spacial score (nSPS) is 10.0. The van der Waals surface area contributed by atoms with E-state index in [0.717, 1.165) is 6.42 Å². The Morgan fingerprint density at radius 3 is 2.53 bits per heavy atom. The summed E-state index contributed by atoms with van der Waals surface area (Å²) in [7, 11) is 0. The monoisotopic (exact) mass is 207 g/mol. The van der Waals surface area contributed by atoms with Crippen LogP contribution in [0.2, 0.25) is 0 Å². The molecule has 0 unspecified atom stereocenters. The van der Waals surface area contributed by atoms with Crippen LogP contribution in [0.5, 0.6) is 0 Å². The molecule has 1 aromatic carbocycles. The quantitative estimate of drug-likeness (QED) is 0.716. The molecule has 1 amide bonds. The van der Waals surface area contributed by atoms with E-state index in [1.807, 2.05) is 24.3 Å². The lowest BCUT2D eigenvalue weighted by Gasteiger charge is -2.04. The highest BCUT2D eigenvalue weighted by Gasteiger charge is 2.03. The van der Waals surface area contributed by atoms with Crippen LogP contribution in [0.1, 0.15) is 29.3 Å². The minimum atomic E-state index is -0.0777. The zero-order valence-electron chi connectivity index (χ0n) is 8.99. The zero-order valence-corrected chi connectivity index (χ0v) is 8.99. The molecule has 0 bridgehead atoms. The van der Waals surface area contributed by atoms with Gasteiger partial charge in [-0.2, -0.15) is 0 Å². The Morgan fingerprint density at radius 1 is 1.33 bits per heavy atom. The molecule has 82 valence electrons. The molecule has 1 rings (SSSR count). The minimum Gasteiger partial charge on any atom is -0.396 e. The number of aliphatic hydroxyl groups is 1. The number of carbonyl (C=O) groups is 1. The summed E-state index contributed by atoms with van der Waals surface area (Å²) < 4.78 is 0. The largest absolute Gasteiger partial charge is 0.396 e. The first-order valence-corrected chi connectivity index (χ1v) is 5.26. The average Bonchev–Trinajstić information content (AvgIpc) is 2.29. The summed E-state index contributed by atoms with van der Waals surface area (Å²) in [6.45, 7) is 2.70. The molecule has 15 heavy (non-hydrogen) atoms. The molecule has 0 radical (unpaired) electrons. The topological polar surface area (TPSA) is 49.3 Å². The molecular weight excluding hydrogens is 190 g/mol. The lowest BCUT2D eigenvalue weighted by atomic mass is 10.1. The van der Waals surface area contributed by atoms with Crippen molar-refractivity contribution in [3.8, 4) is 0 Å². The van der Waals surface area contributed by atoms with E-state index in [2.05, 4.69) is 12.2 Å². The van der Waals surface area contributed by atoms with Gasteiger partial charge in [-0.1, -0.05) is 19.1 Å². The van der Waals surface area contributed by atoms with Gasteiger partial charge in [-0.05, 0) is 30.5 Å². The number of hydrogen-bond donors (Lipinski definition) is 2. The molecule has 3 heteroatoms. The third-order valence-electron chi connectivity index (χ3n) is 2.24. The van der Waals surface area contributed by atoms with Crippen LogP contribution in [0.25, 0.3) is 0 Å². The van der Waals surface area contributed by atoms with Crippen LogP contribution in [0.15, 0.2) is 24.3 Å². The molecule has 0 spiro atoms. The van der Waals surface area contributed by atoms with E-state index >= 15 is 0 Å². The van der Waals surface area contributed by atoms with Gasteiger partial charge in [-0.15, -0.1) is 0 Å². The Bertz CT molecular complexity index is 306. The standard InChI is InChI=1S/C12H17NO2/c1-2-10-4-6-11(7-5-10)12(15)13-8-3-9-14/h4-7,14H,2-3,8-9H2,1H3,(H,13,15). The van der Waals surface area contributed by atoms with E-state index in [0.29, 0.717) is 18.5 Å². The summed E-state index contributed by atoms with van der Waals surface area (Å²) in [6, 6.07) is 7.57. The second-order valence-corrected chi connectivity index (χ2v) is 3.38. The van der Waals surface area contributed by atoms with E-state index in [9.17, 15) is 4.79 Å². The lowest BCUT2D eigenvalue weighted by Crippen LogP contribution is -2.24. The van der Waals surface area contributed by atoms with Gasteiger partial charge in [-0.25, -0.2) is 0 Å². The summed E-state index contributed by atoms with van der Waals surface area (Å²) >= 11 is 0. The van der Waals surface area contributed by atoms with Crippen molar-refractivity contribution in [2.45, 2.75) is 19.8 Å². The van der Waals surface area contributed by atoms with Crippen molar-refractivity contribution in [3.63, 3.8) is 0 Å². The smallest absolute Gasteiger partial charge is 0.251 e. The molecule has 0 heterocycles. The molecular formula is C12H17NO2.